The van der Waals surface area contributed by atoms with Gasteiger partial charge in [0.2, 0.25) is 0 Å². The van der Waals surface area contributed by atoms with E-state index >= 15 is 0 Å². The molecule has 0 spiro atoms. The number of anilines is 2. The second-order valence-corrected chi connectivity index (χ2v) is 4.15. The molecule has 0 atom stereocenters. The number of hydrogen-bond donors (Lipinski definition) is 2. The van der Waals surface area contributed by atoms with E-state index in [9.17, 15) is 0 Å². The number of benzene rings is 1. The van der Waals surface area contributed by atoms with Gasteiger partial charge in [0.25, 0.3) is 0 Å². The highest BCUT2D eigenvalue weighted by atomic mass is 79.9. The summed E-state index contributed by atoms with van der Waals surface area (Å²) in [6.45, 7) is 0. The van der Waals surface area contributed by atoms with Gasteiger partial charge in [0.05, 0.1) is 10.2 Å². The highest BCUT2D eigenvalue weighted by molar-refractivity contribution is 9.10. The van der Waals surface area contributed by atoms with Gasteiger partial charge in [-0.15, -0.1) is 5.11 Å². The summed E-state index contributed by atoms with van der Waals surface area (Å²) in [6.07, 6.45) is 0. The van der Waals surface area contributed by atoms with E-state index < -0.39 is 0 Å². The molecule has 5 nitrogen and oxygen atoms in total. The summed E-state index contributed by atoms with van der Waals surface area (Å²) in [7, 11) is 0. The summed E-state index contributed by atoms with van der Waals surface area (Å²) >= 11 is 3.32. The van der Waals surface area contributed by atoms with Crippen LogP contribution in [-0.4, -0.2) is 4.98 Å². The molecule has 0 aliphatic heterocycles. The molecule has 0 unspecified atom stereocenters. The van der Waals surface area contributed by atoms with Gasteiger partial charge in [0, 0.05) is 0 Å². The maximum Gasteiger partial charge on any atom is 0.154 e. The number of aromatic nitrogens is 1. The number of nitrogens with zero attached hydrogens (tertiary/aromatic N) is 3. The fourth-order valence-electron chi connectivity index (χ4n) is 1.25. The van der Waals surface area contributed by atoms with E-state index in [1.54, 1.807) is 6.07 Å². The average molecular weight is 292 g/mol. The van der Waals surface area contributed by atoms with E-state index in [0.717, 1.165) is 5.69 Å². The monoisotopic (exact) mass is 291 g/mol. The Morgan fingerprint density at radius 1 is 1.06 bits per heavy atom. The fraction of sp³-hybridized carbons (Fsp3) is 0. The molecule has 0 radical (unpaired) electrons. The Kier molecular flexibility index (Phi) is 3.34. The van der Waals surface area contributed by atoms with Crippen molar-refractivity contribution in [1.82, 2.24) is 4.98 Å². The number of hydrogen-bond acceptors (Lipinski definition) is 5. The first kappa shape index (κ1) is 11.5. The molecule has 0 fully saturated rings. The van der Waals surface area contributed by atoms with Gasteiger partial charge in [-0.25, -0.2) is 4.98 Å². The molecule has 17 heavy (non-hydrogen) atoms. The predicted octanol–water partition coefficient (Wildman–Crippen LogP) is 3.42. The Hall–Kier alpha value is -1.95. The van der Waals surface area contributed by atoms with E-state index in [2.05, 4.69) is 31.1 Å². The Labute approximate surface area is 107 Å². The van der Waals surface area contributed by atoms with Crippen LogP contribution in [0.25, 0.3) is 0 Å². The molecule has 1 heterocycles. The minimum absolute atomic E-state index is 0.247. The number of rotatable bonds is 2. The Morgan fingerprint density at radius 3 is 2.41 bits per heavy atom. The second kappa shape index (κ2) is 4.92. The standard InChI is InChI=1S/C11H10BrN5/c12-8-6-9(13)15-11(14)10(8)17-16-7-4-2-1-3-5-7/h1-6H,(H4,13,14,15). The van der Waals surface area contributed by atoms with Crippen LogP contribution in [0.3, 0.4) is 0 Å². The first-order valence-corrected chi connectivity index (χ1v) is 5.64. The first-order chi connectivity index (χ1) is 8.16. The SMILES string of the molecule is Nc1cc(Br)c(N=Nc2ccccc2)c(N)n1. The molecule has 2 rings (SSSR count). The van der Waals surface area contributed by atoms with Crippen LogP contribution in [0.1, 0.15) is 0 Å². The third kappa shape index (κ3) is 2.79. The van der Waals surface area contributed by atoms with E-state index in [0.29, 0.717) is 16.0 Å². The molecule has 2 aromatic rings. The van der Waals surface area contributed by atoms with Gasteiger partial charge in [-0.1, -0.05) is 18.2 Å². The Morgan fingerprint density at radius 2 is 1.76 bits per heavy atom. The maximum absolute atomic E-state index is 5.71. The number of nitrogen functional groups attached to an aromatic ring is 2. The van der Waals surface area contributed by atoms with E-state index in [-0.39, 0.29) is 5.82 Å². The van der Waals surface area contributed by atoms with Crippen molar-refractivity contribution in [1.29, 1.82) is 0 Å². The minimum Gasteiger partial charge on any atom is -0.384 e. The van der Waals surface area contributed by atoms with Crippen LogP contribution < -0.4 is 11.5 Å². The number of azo groups is 1. The summed E-state index contributed by atoms with van der Waals surface area (Å²) in [5.74, 6) is 0.588. The van der Waals surface area contributed by atoms with Gasteiger partial charge < -0.3 is 11.5 Å². The number of pyridine rings is 1. The molecular formula is C11H10BrN5. The van der Waals surface area contributed by atoms with Crippen LogP contribution in [0.2, 0.25) is 0 Å². The van der Waals surface area contributed by atoms with Crippen molar-refractivity contribution in [2.45, 2.75) is 0 Å². The summed E-state index contributed by atoms with van der Waals surface area (Å²) in [5.41, 5.74) is 12.5. The van der Waals surface area contributed by atoms with E-state index in [1.807, 2.05) is 30.3 Å². The summed E-state index contributed by atoms with van der Waals surface area (Å²) in [6, 6.07) is 11.0. The first-order valence-electron chi connectivity index (χ1n) is 4.85. The zero-order valence-corrected chi connectivity index (χ0v) is 10.4. The van der Waals surface area contributed by atoms with Crippen molar-refractivity contribution in [2.75, 3.05) is 11.5 Å². The molecule has 4 N–H and O–H groups in total. The topological polar surface area (TPSA) is 89.6 Å². The van der Waals surface area contributed by atoms with Gasteiger partial charge in [-0.05, 0) is 34.1 Å². The van der Waals surface area contributed by atoms with E-state index in [1.165, 1.54) is 0 Å². The number of nitrogens with two attached hydrogens (primary N) is 2. The highest BCUT2D eigenvalue weighted by Crippen LogP contribution is 2.32. The highest BCUT2D eigenvalue weighted by Gasteiger charge is 2.06. The Bertz CT molecular complexity index is 530. The maximum atomic E-state index is 5.71. The molecular weight excluding hydrogens is 282 g/mol. The molecule has 0 saturated carbocycles. The smallest absolute Gasteiger partial charge is 0.154 e. The van der Waals surface area contributed by atoms with Crippen LogP contribution >= 0.6 is 15.9 Å². The molecule has 1 aromatic carbocycles. The lowest BCUT2D eigenvalue weighted by atomic mass is 10.3. The van der Waals surface area contributed by atoms with Gasteiger partial charge in [0.15, 0.2) is 5.82 Å². The van der Waals surface area contributed by atoms with Crippen LogP contribution in [-0.2, 0) is 0 Å². The normalized spacial score (nSPS) is 10.9. The van der Waals surface area contributed by atoms with Crippen LogP contribution in [0, 0.1) is 0 Å². The molecule has 0 aliphatic rings. The molecule has 0 aliphatic carbocycles. The van der Waals surface area contributed by atoms with Crippen LogP contribution in [0.4, 0.5) is 23.0 Å². The van der Waals surface area contributed by atoms with Crippen molar-refractivity contribution in [3.63, 3.8) is 0 Å². The fourth-order valence-corrected chi connectivity index (χ4v) is 1.76. The lowest BCUT2D eigenvalue weighted by molar-refractivity contribution is 1.20. The van der Waals surface area contributed by atoms with Gasteiger partial charge in [-0.2, -0.15) is 5.11 Å². The average Bonchev–Trinajstić information content (AvgIpc) is 2.29. The molecule has 0 bridgehead atoms. The summed E-state index contributed by atoms with van der Waals surface area (Å²) < 4.78 is 0.669. The lowest BCUT2D eigenvalue weighted by Crippen LogP contribution is -1.96. The quantitative estimate of drug-likeness (QED) is 0.831. The zero-order valence-electron chi connectivity index (χ0n) is 8.84. The molecule has 1 aromatic heterocycles. The van der Waals surface area contributed by atoms with Crippen molar-refractivity contribution < 1.29 is 0 Å². The number of halogens is 1. The molecule has 0 amide bonds. The summed E-state index contributed by atoms with van der Waals surface area (Å²) in [5, 5.41) is 8.11. The Balaban J connectivity index is 2.34. The van der Waals surface area contributed by atoms with Crippen molar-refractivity contribution in [2.24, 2.45) is 10.2 Å². The third-order valence-corrected chi connectivity index (χ3v) is 2.62. The van der Waals surface area contributed by atoms with Crippen LogP contribution in [0.15, 0.2) is 51.1 Å². The zero-order chi connectivity index (χ0) is 12.3. The molecule has 6 heteroatoms. The summed E-state index contributed by atoms with van der Waals surface area (Å²) in [4.78, 5) is 3.92. The predicted molar refractivity (Wildman–Crippen MR) is 71.4 cm³/mol. The van der Waals surface area contributed by atoms with E-state index in [4.69, 9.17) is 11.5 Å². The largest absolute Gasteiger partial charge is 0.384 e. The molecule has 86 valence electrons. The second-order valence-electron chi connectivity index (χ2n) is 3.30. The van der Waals surface area contributed by atoms with Gasteiger partial charge in [0.1, 0.15) is 11.5 Å². The lowest BCUT2D eigenvalue weighted by Gasteiger charge is -2.02. The van der Waals surface area contributed by atoms with Crippen molar-refractivity contribution in [3.8, 4) is 0 Å². The third-order valence-electron chi connectivity index (χ3n) is 2.01. The van der Waals surface area contributed by atoms with Crippen molar-refractivity contribution in [3.05, 3.63) is 40.9 Å². The molecule has 0 saturated heterocycles. The minimum atomic E-state index is 0.247. The van der Waals surface area contributed by atoms with Crippen molar-refractivity contribution >= 4 is 38.9 Å². The van der Waals surface area contributed by atoms with Gasteiger partial charge >= 0.3 is 0 Å². The van der Waals surface area contributed by atoms with Gasteiger partial charge in [-0.3, -0.25) is 0 Å². The van der Waals surface area contributed by atoms with Crippen LogP contribution in [0.5, 0.6) is 0 Å².